The molecule has 0 bridgehead atoms. The van der Waals surface area contributed by atoms with Crippen LogP contribution in [0.25, 0.3) is 0 Å². The first-order valence-electron chi connectivity index (χ1n) is 6.81. The first-order chi connectivity index (χ1) is 9.50. The van der Waals surface area contributed by atoms with Gasteiger partial charge in [-0.1, -0.05) is 38.1 Å². The van der Waals surface area contributed by atoms with Crippen LogP contribution in [0.5, 0.6) is 11.5 Å². The van der Waals surface area contributed by atoms with Crippen molar-refractivity contribution < 1.29 is 9.13 Å². The van der Waals surface area contributed by atoms with Gasteiger partial charge in [0, 0.05) is 11.6 Å². The third-order valence-corrected chi connectivity index (χ3v) is 3.23. The number of para-hydroxylation sites is 1. The Morgan fingerprint density at radius 2 is 1.60 bits per heavy atom. The Morgan fingerprint density at radius 1 is 0.950 bits per heavy atom. The van der Waals surface area contributed by atoms with Gasteiger partial charge in [0.15, 0.2) is 0 Å². The summed E-state index contributed by atoms with van der Waals surface area (Å²) < 4.78 is 19.8. The molecule has 2 nitrogen and oxygen atoms in total. The molecule has 0 aliphatic heterocycles. The smallest absolute Gasteiger partial charge is 0.135 e. The second-order valence-electron chi connectivity index (χ2n) is 5.23. The van der Waals surface area contributed by atoms with E-state index in [0.29, 0.717) is 17.2 Å². The predicted molar refractivity (Wildman–Crippen MR) is 79.6 cm³/mol. The van der Waals surface area contributed by atoms with Gasteiger partial charge in [-0.05, 0) is 36.6 Å². The highest BCUT2D eigenvalue weighted by atomic mass is 19.1. The van der Waals surface area contributed by atoms with Gasteiger partial charge in [0.05, 0.1) is 0 Å². The summed E-state index contributed by atoms with van der Waals surface area (Å²) >= 11 is 0. The maximum absolute atomic E-state index is 13.9. The monoisotopic (exact) mass is 273 g/mol. The highest BCUT2D eigenvalue weighted by Gasteiger charge is 2.16. The van der Waals surface area contributed by atoms with Crippen LogP contribution in [0.3, 0.4) is 0 Å². The van der Waals surface area contributed by atoms with E-state index >= 15 is 0 Å². The standard InChI is InChI=1S/C17H20FNO/c1-11(2)13-7-4-5-9-15(13)20-16-10-6-8-14(18)17(16)12(3)19/h4-12H,19H2,1-3H3/t12-/m1/s1. The first kappa shape index (κ1) is 14.5. The van der Waals surface area contributed by atoms with Crippen molar-refractivity contribution in [2.45, 2.75) is 32.7 Å². The molecular weight excluding hydrogens is 253 g/mol. The lowest BCUT2D eigenvalue weighted by Gasteiger charge is -2.17. The minimum atomic E-state index is -0.419. The Labute approximate surface area is 119 Å². The SMILES string of the molecule is CC(C)c1ccccc1Oc1cccc(F)c1[C@@H](C)N. The van der Waals surface area contributed by atoms with Crippen LogP contribution in [0.1, 0.15) is 43.9 Å². The van der Waals surface area contributed by atoms with Crippen molar-refractivity contribution in [2.75, 3.05) is 0 Å². The summed E-state index contributed by atoms with van der Waals surface area (Å²) in [6.45, 7) is 5.94. The average molecular weight is 273 g/mol. The van der Waals surface area contributed by atoms with Crippen molar-refractivity contribution >= 4 is 0 Å². The zero-order valence-electron chi connectivity index (χ0n) is 12.1. The van der Waals surface area contributed by atoms with Crippen LogP contribution in [0.4, 0.5) is 4.39 Å². The molecule has 20 heavy (non-hydrogen) atoms. The maximum atomic E-state index is 13.9. The van der Waals surface area contributed by atoms with E-state index in [1.807, 2.05) is 24.3 Å². The molecule has 0 amide bonds. The molecule has 2 rings (SSSR count). The second kappa shape index (κ2) is 6.06. The number of hydrogen-bond acceptors (Lipinski definition) is 2. The molecule has 2 N–H and O–H groups in total. The molecule has 0 unspecified atom stereocenters. The van der Waals surface area contributed by atoms with Gasteiger partial charge < -0.3 is 10.5 Å². The maximum Gasteiger partial charge on any atom is 0.135 e. The van der Waals surface area contributed by atoms with E-state index in [9.17, 15) is 4.39 Å². The van der Waals surface area contributed by atoms with Crippen molar-refractivity contribution in [2.24, 2.45) is 5.73 Å². The summed E-state index contributed by atoms with van der Waals surface area (Å²) in [7, 11) is 0. The average Bonchev–Trinajstić information content (AvgIpc) is 2.38. The topological polar surface area (TPSA) is 35.2 Å². The molecule has 2 aromatic carbocycles. The fourth-order valence-electron chi connectivity index (χ4n) is 2.22. The molecule has 3 heteroatoms. The molecule has 0 heterocycles. The fourth-order valence-corrected chi connectivity index (χ4v) is 2.22. The summed E-state index contributed by atoms with van der Waals surface area (Å²) in [5, 5.41) is 0. The Morgan fingerprint density at radius 3 is 2.25 bits per heavy atom. The summed E-state index contributed by atoms with van der Waals surface area (Å²) in [5.41, 5.74) is 7.35. The summed E-state index contributed by atoms with van der Waals surface area (Å²) in [4.78, 5) is 0. The number of halogens is 1. The van der Waals surface area contributed by atoms with Crippen molar-refractivity contribution in [1.82, 2.24) is 0 Å². The third kappa shape index (κ3) is 2.99. The van der Waals surface area contributed by atoms with Crippen molar-refractivity contribution in [3.05, 3.63) is 59.4 Å². The van der Waals surface area contributed by atoms with Crippen molar-refractivity contribution in [3.63, 3.8) is 0 Å². The molecular formula is C17H20FNO. The lowest BCUT2D eigenvalue weighted by atomic mass is 10.0. The third-order valence-electron chi connectivity index (χ3n) is 3.23. The van der Waals surface area contributed by atoms with Crippen LogP contribution in [0.15, 0.2) is 42.5 Å². The zero-order chi connectivity index (χ0) is 14.7. The summed E-state index contributed by atoms with van der Waals surface area (Å²) in [5.74, 6) is 1.22. The van der Waals surface area contributed by atoms with Crippen LogP contribution < -0.4 is 10.5 Å². The van der Waals surface area contributed by atoms with E-state index in [-0.39, 0.29) is 5.82 Å². The largest absolute Gasteiger partial charge is 0.457 e. The normalized spacial score (nSPS) is 12.5. The number of benzene rings is 2. The van der Waals surface area contributed by atoms with E-state index in [2.05, 4.69) is 13.8 Å². The van der Waals surface area contributed by atoms with Crippen LogP contribution in [-0.4, -0.2) is 0 Å². The lowest BCUT2D eigenvalue weighted by molar-refractivity contribution is 0.453. The van der Waals surface area contributed by atoms with Gasteiger partial charge >= 0.3 is 0 Å². The molecule has 1 atom stereocenters. The van der Waals surface area contributed by atoms with Gasteiger partial charge in [-0.3, -0.25) is 0 Å². The van der Waals surface area contributed by atoms with Gasteiger partial charge in [0.2, 0.25) is 0 Å². The highest BCUT2D eigenvalue weighted by Crippen LogP contribution is 2.34. The molecule has 0 aromatic heterocycles. The van der Waals surface area contributed by atoms with E-state index < -0.39 is 6.04 Å². The minimum Gasteiger partial charge on any atom is -0.457 e. The Balaban J connectivity index is 2.43. The summed E-state index contributed by atoms with van der Waals surface area (Å²) in [6, 6.07) is 12.2. The quantitative estimate of drug-likeness (QED) is 0.871. The molecule has 0 saturated heterocycles. The number of hydrogen-bond donors (Lipinski definition) is 1. The predicted octanol–water partition coefficient (Wildman–Crippen LogP) is 4.76. The van der Waals surface area contributed by atoms with Gasteiger partial charge in [-0.15, -0.1) is 0 Å². The molecule has 0 aliphatic rings. The van der Waals surface area contributed by atoms with Gasteiger partial charge in [-0.2, -0.15) is 0 Å². The molecule has 0 spiro atoms. The Bertz CT molecular complexity index is 593. The molecule has 0 fully saturated rings. The van der Waals surface area contributed by atoms with Crippen LogP contribution in [0.2, 0.25) is 0 Å². The summed E-state index contributed by atoms with van der Waals surface area (Å²) in [6.07, 6.45) is 0. The van der Waals surface area contributed by atoms with Crippen LogP contribution in [-0.2, 0) is 0 Å². The molecule has 106 valence electrons. The minimum absolute atomic E-state index is 0.332. The van der Waals surface area contributed by atoms with Crippen LogP contribution >= 0.6 is 0 Å². The van der Waals surface area contributed by atoms with Gasteiger partial charge in [-0.25, -0.2) is 4.39 Å². The molecule has 2 aromatic rings. The van der Waals surface area contributed by atoms with Crippen LogP contribution in [0, 0.1) is 5.82 Å². The van der Waals surface area contributed by atoms with E-state index in [0.717, 1.165) is 11.3 Å². The van der Waals surface area contributed by atoms with Gasteiger partial charge in [0.25, 0.3) is 0 Å². The van der Waals surface area contributed by atoms with Gasteiger partial charge in [0.1, 0.15) is 17.3 Å². The van der Waals surface area contributed by atoms with Crippen molar-refractivity contribution in [1.29, 1.82) is 0 Å². The number of nitrogens with two attached hydrogens (primary N) is 1. The molecule has 0 saturated carbocycles. The Hall–Kier alpha value is -1.87. The molecule has 0 radical (unpaired) electrons. The van der Waals surface area contributed by atoms with E-state index in [1.165, 1.54) is 6.07 Å². The fraction of sp³-hybridized carbons (Fsp3) is 0.294. The van der Waals surface area contributed by atoms with E-state index in [4.69, 9.17) is 10.5 Å². The zero-order valence-corrected chi connectivity index (χ0v) is 12.1. The van der Waals surface area contributed by atoms with Crippen molar-refractivity contribution in [3.8, 4) is 11.5 Å². The Kier molecular flexibility index (Phi) is 4.40. The lowest BCUT2D eigenvalue weighted by Crippen LogP contribution is -2.09. The highest BCUT2D eigenvalue weighted by molar-refractivity contribution is 5.43. The first-order valence-corrected chi connectivity index (χ1v) is 6.81. The number of ether oxygens (including phenoxy) is 1. The molecule has 0 aliphatic carbocycles. The number of rotatable bonds is 4. The second-order valence-corrected chi connectivity index (χ2v) is 5.23. The van der Waals surface area contributed by atoms with E-state index in [1.54, 1.807) is 19.1 Å².